The average Bonchev–Trinajstić information content (AvgIpc) is 3.00. The normalized spacial score (nSPS) is 33.8. The lowest BCUT2D eigenvalue weighted by Crippen LogP contribution is -2.45. The Hall–Kier alpha value is -1.82. The summed E-state index contributed by atoms with van der Waals surface area (Å²) in [5.41, 5.74) is 0.439. The number of nitrogens with zero attached hydrogens (tertiary/aromatic N) is 1. The third kappa shape index (κ3) is 3.08. The predicted octanol–water partition coefficient (Wildman–Crippen LogP) is 5.37. The first-order chi connectivity index (χ1) is 11.9. The number of hydrogen-bond acceptors (Lipinski definition) is 3. The summed E-state index contributed by atoms with van der Waals surface area (Å²) < 4.78 is 5.96. The van der Waals surface area contributed by atoms with E-state index in [4.69, 9.17) is 4.74 Å². The van der Waals surface area contributed by atoms with Crippen molar-refractivity contribution in [3.8, 4) is 6.07 Å². The third-order valence-electron chi connectivity index (χ3n) is 7.09. The Morgan fingerprint density at radius 1 is 1.32 bits per heavy atom. The second-order valence-corrected chi connectivity index (χ2v) is 8.33. The lowest BCUT2D eigenvalue weighted by Gasteiger charge is -2.48. The van der Waals surface area contributed by atoms with Crippen LogP contribution >= 0.6 is 0 Å². The van der Waals surface area contributed by atoms with E-state index in [9.17, 15) is 10.1 Å². The summed E-state index contributed by atoms with van der Waals surface area (Å²) in [6.07, 6.45) is 6.15. The Labute approximate surface area is 151 Å². The molecule has 3 heteroatoms. The second-order valence-electron chi connectivity index (χ2n) is 8.33. The fourth-order valence-electron chi connectivity index (χ4n) is 5.49. The largest absolute Gasteiger partial charge is 0.458 e. The fraction of sp³-hybridized carbons (Fsp3) is 0.636. The van der Waals surface area contributed by atoms with Crippen LogP contribution in [-0.2, 0) is 4.74 Å². The van der Waals surface area contributed by atoms with Crippen LogP contribution in [0.15, 0.2) is 30.3 Å². The van der Waals surface area contributed by atoms with Gasteiger partial charge in [0.05, 0.1) is 17.0 Å². The van der Waals surface area contributed by atoms with Gasteiger partial charge in [0.1, 0.15) is 6.10 Å². The highest BCUT2D eigenvalue weighted by molar-refractivity contribution is 5.89. The number of nitriles is 1. The van der Waals surface area contributed by atoms with Crippen LogP contribution in [-0.4, -0.2) is 12.1 Å². The van der Waals surface area contributed by atoms with Crippen LogP contribution in [0.3, 0.4) is 0 Å². The number of ether oxygens (including phenoxy) is 1. The summed E-state index contributed by atoms with van der Waals surface area (Å²) >= 11 is 0. The van der Waals surface area contributed by atoms with E-state index in [1.165, 1.54) is 0 Å². The van der Waals surface area contributed by atoms with Gasteiger partial charge in [-0.1, -0.05) is 32.0 Å². The molecule has 0 N–H and O–H groups in total. The molecule has 1 aromatic carbocycles. The second kappa shape index (κ2) is 6.83. The molecule has 0 amide bonds. The predicted molar refractivity (Wildman–Crippen MR) is 97.8 cm³/mol. The summed E-state index contributed by atoms with van der Waals surface area (Å²) in [6.45, 7) is 6.57. The molecule has 2 unspecified atom stereocenters. The topological polar surface area (TPSA) is 50.1 Å². The highest BCUT2D eigenvalue weighted by Crippen LogP contribution is 2.61. The number of rotatable bonds is 4. The van der Waals surface area contributed by atoms with Gasteiger partial charge in [-0.15, -0.1) is 0 Å². The molecule has 0 saturated heterocycles. The quantitative estimate of drug-likeness (QED) is 0.693. The molecule has 3 rings (SSSR count). The zero-order valence-electron chi connectivity index (χ0n) is 15.6. The molecule has 0 aromatic heterocycles. The maximum Gasteiger partial charge on any atom is 0.338 e. The maximum absolute atomic E-state index is 12.5. The summed E-state index contributed by atoms with van der Waals surface area (Å²) in [5, 5.41) is 9.78. The van der Waals surface area contributed by atoms with Gasteiger partial charge in [-0.05, 0) is 68.9 Å². The van der Waals surface area contributed by atoms with Gasteiger partial charge < -0.3 is 4.74 Å². The van der Waals surface area contributed by atoms with Crippen molar-refractivity contribution in [2.75, 3.05) is 0 Å². The molecule has 0 radical (unpaired) electrons. The summed E-state index contributed by atoms with van der Waals surface area (Å²) in [6, 6.07) is 11.9. The van der Waals surface area contributed by atoms with Crippen LogP contribution in [0.25, 0.3) is 0 Å². The molecule has 2 saturated carbocycles. The molecule has 1 aromatic rings. The molecular formula is C22H29NO2. The maximum atomic E-state index is 12.5. The number of hydrogen-bond donors (Lipinski definition) is 0. The van der Waals surface area contributed by atoms with Gasteiger partial charge in [0.15, 0.2) is 0 Å². The number of carbonyl (C=O) groups is 1. The van der Waals surface area contributed by atoms with E-state index in [2.05, 4.69) is 26.8 Å². The highest BCUT2D eigenvalue weighted by atomic mass is 16.5. The summed E-state index contributed by atoms with van der Waals surface area (Å²) in [7, 11) is 0. The van der Waals surface area contributed by atoms with Crippen LogP contribution < -0.4 is 0 Å². The lowest BCUT2D eigenvalue weighted by atomic mass is 9.57. The Morgan fingerprint density at radius 2 is 2.04 bits per heavy atom. The molecule has 134 valence electrons. The minimum atomic E-state index is -0.283. The molecule has 0 spiro atoms. The smallest absolute Gasteiger partial charge is 0.338 e. The van der Waals surface area contributed by atoms with E-state index in [0.29, 0.717) is 17.4 Å². The zero-order valence-corrected chi connectivity index (χ0v) is 15.6. The number of fused-ring (bicyclic) bond motifs is 1. The van der Waals surface area contributed by atoms with Crippen molar-refractivity contribution in [2.45, 2.75) is 65.4 Å². The summed E-state index contributed by atoms with van der Waals surface area (Å²) in [5.74, 6) is 0.549. The van der Waals surface area contributed by atoms with Gasteiger partial charge in [0, 0.05) is 5.92 Å². The Kier molecular flexibility index (Phi) is 4.91. The SMILES string of the molecule is CC[C@](C)(C#N)C1CCC2[C@@H](OC(=O)c3ccccc3)CCC[C@@]21C. The Morgan fingerprint density at radius 3 is 2.68 bits per heavy atom. The van der Waals surface area contributed by atoms with Gasteiger partial charge in [-0.2, -0.15) is 5.26 Å². The van der Waals surface area contributed by atoms with Gasteiger partial charge in [0.2, 0.25) is 0 Å². The number of carbonyl (C=O) groups excluding carboxylic acids is 1. The monoisotopic (exact) mass is 339 g/mol. The van der Waals surface area contributed by atoms with E-state index in [1.807, 2.05) is 30.3 Å². The molecule has 2 aliphatic carbocycles. The van der Waals surface area contributed by atoms with Crippen molar-refractivity contribution in [1.29, 1.82) is 5.26 Å². The van der Waals surface area contributed by atoms with Gasteiger partial charge >= 0.3 is 5.97 Å². The third-order valence-corrected chi connectivity index (χ3v) is 7.09. The summed E-state index contributed by atoms with van der Waals surface area (Å²) in [4.78, 5) is 12.5. The van der Waals surface area contributed by atoms with E-state index in [-0.39, 0.29) is 22.9 Å². The molecule has 3 nitrogen and oxygen atoms in total. The first-order valence-electron chi connectivity index (χ1n) is 9.62. The fourth-order valence-corrected chi connectivity index (χ4v) is 5.49. The first-order valence-corrected chi connectivity index (χ1v) is 9.62. The van der Waals surface area contributed by atoms with Crippen LogP contribution in [0, 0.1) is 34.0 Å². The van der Waals surface area contributed by atoms with Crippen molar-refractivity contribution in [3.05, 3.63) is 35.9 Å². The van der Waals surface area contributed by atoms with Crippen LogP contribution in [0.1, 0.15) is 69.7 Å². The van der Waals surface area contributed by atoms with Crippen LogP contribution in [0.4, 0.5) is 0 Å². The molecule has 0 bridgehead atoms. The zero-order chi connectivity index (χ0) is 18.1. The van der Waals surface area contributed by atoms with Crippen LogP contribution in [0.2, 0.25) is 0 Å². The molecule has 5 atom stereocenters. The van der Waals surface area contributed by atoms with E-state index in [0.717, 1.165) is 38.5 Å². The molecule has 25 heavy (non-hydrogen) atoms. The Bertz CT molecular complexity index is 664. The standard InChI is InChI=1S/C22H29NO2/c1-4-21(2,15-23)19-13-12-17-18(11-8-14-22(17,19)3)25-20(24)16-9-6-5-7-10-16/h5-7,9-10,17-19H,4,8,11-14H2,1-3H3/t17?,18-,19?,21+,22-/m0/s1. The van der Waals surface area contributed by atoms with E-state index in [1.54, 1.807) is 0 Å². The molecular weight excluding hydrogens is 310 g/mol. The lowest BCUT2D eigenvalue weighted by molar-refractivity contribution is -0.0532. The van der Waals surface area contributed by atoms with Crippen LogP contribution in [0.5, 0.6) is 0 Å². The Balaban J connectivity index is 1.79. The van der Waals surface area contributed by atoms with Gasteiger partial charge in [-0.25, -0.2) is 4.79 Å². The molecule has 2 fully saturated rings. The van der Waals surface area contributed by atoms with Crippen molar-refractivity contribution >= 4 is 5.97 Å². The first kappa shape index (κ1) is 18.0. The highest BCUT2D eigenvalue weighted by Gasteiger charge is 2.57. The van der Waals surface area contributed by atoms with Crippen molar-refractivity contribution in [3.63, 3.8) is 0 Å². The van der Waals surface area contributed by atoms with Crippen molar-refractivity contribution < 1.29 is 9.53 Å². The minimum absolute atomic E-state index is 0.0174. The van der Waals surface area contributed by atoms with Gasteiger partial charge in [-0.3, -0.25) is 0 Å². The number of esters is 1. The van der Waals surface area contributed by atoms with Crippen molar-refractivity contribution in [2.24, 2.45) is 22.7 Å². The average molecular weight is 339 g/mol. The molecule has 0 aliphatic heterocycles. The van der Waals surface area contributed by atoms with E-state index < -0.39 is 0 Å². The van der Waals surface area contributed by atoms with Crippen molar-refractivity contribution in [1.82, 2.24) is 0 Å². The minimum Gasteiger partial charge on any atom is -0.458 e. The van der Waals surface area contributed by atoms with Gasteiger partial charge in [0.25, 0.3) is 0 Å². The molecule has 2 aliphatic rings. The molecule has 0 heterocycles. The van der Waals surface area contributed by atoms with E-state index >= 15 is 0 Å². The number of benzene rings is 1.